The van der Waals surface area contributed by atoms with E-state index in [-0.39, 0.29) is 18.6 Å². The highest BCUT2D eigenvalue weighted by atomic mass is 79.9. The number of nitrogens with one attached hydrogen (secondary N) is 1. The lowest BCUT2D eigenvalue weighted by molar-refractivity contribution is -0.125. The first kappa shape index (κ1) is 15.8. The molecule has 0 radical (unpaired) electrons. The Labute approximate surface area is 132 Å². The number of esters is 1. The number of amides is 1. The van der Waals surface area contributed by atoms with Crippen molar-refractivity contribution >= 4 is 33.5 Å². The maximum absolute atomic E-state index is 11.9. The molecular weight excluding hydrogens is 336 g/mol. The smallest absolute Gasteiger partial charge is 0.339 e. The fraction of sp³-hybridized carbons (Fsp3) is 0.467. The van der Waals surface area contributed by atoms with E-state index < -0.39 is 5.97 Å². The zero-order valence-electron chi connectivity index (χ0n) is 11.7. The summed E-state index contributed by atoms with van der Waals surface area (Å²) >= 11 is 3.26. The molecule has 1 aromatic rings. The minimum atomic E-state index is -0.562. The van der Waals surface area contributed by atoms with Gasteiger partial charge in [-0.2, -0.15) is 0 Å². The van der Waals surface area contributed by atoms with Crippen LogP contribution in [0.15, 0.2) is 22.7 Å². The third-order valence-electron chi connectivity index (χ3n) is 3.51. The Morgan fingerprint density at radius 2 is 2.00 bits per heavy atom. The molecule has 0 atom stereocenters. The Hall–Kier alpha value is -1.56. The molecule has 1 aromatic carbocycles. The van der Waals surface area contributed by atoms with Crippen LogP contribution in [0.3, 0.4) is 0 Å². The summed E-state index contributed by atoms with van der Waals surface area (Å²) in [5.41, 5.74) is 6.43. The Kier molecular flexibility index (Phi) is 5.61. The minimum absolute atomic E-state index is 0.212. The fourth-order valence-corrected chi connectivity index (χ4v) is 2.83. The molecule has 5 nitrogen and oxygen atoms in total. The molecule has 21 heavy (non-hydrogen) atoms. The molecule has 3 N–H and O–H groups in total. The summed E-state index contributed by atoms with van der Waals surface area (Å²) in [6, 6.07) is 5.08. The SMILES string of the molecule is Nc1ccc(Br)c(C(=O)OCC(=O)NC2CCCCC2)c1. The second-order valence-electron chi connectivity index (χ2n) is 5.22. The van der Waals surface area contributed by atoms with E-state index in [1.807, 2.05) is 0 Å². The molecule has 114 valence electrons. The van der Waals surface area contributed by atoms with Gasteiger partial charge in [0.15, 0.2) is 6.61 Å². The second-order valence-corrected chi connectivity index (χ2v) is 6.07. The summed E-state index contributed by atoms with van der Waals surface area (Å²) in [6.07, 6.45) is 5.51. The number of nitrogens with two attached hydrogens (primary N) is 1. The van der Waals surface area contributed by atoms with Gasteiger partial charge in [0.2, 0.25) is 0 Å². The predicted molar refractivity (Wildman–Crippen MR) is 83.9 cm³/mol. The number of ether oxygens (including phenoxy) is 1. The van der Waals surface area contributed by atoms with Gasteiger partial charge in [0.1, 0.15) is 0 Å². The number of benzene rings is 1. The van der Waals surface area contributed by atoms with Gasteiger partial charge in [-0.1, -0.05) is 19.3 Å². The predicted octanol–water partition coefficient (Wildman–Crippen LogP) is 2.64. The first-order chi connectivity index (χ1) is 10.1. The molecule has 0 bridgehead atoms. The van der Waals surface area contributed by atoms with Crippen molar-refractivity contribution in [1.29, 1.82) is 0 Å². The topological polar surface area (TPSA) is 81.4 Å². The van der Waals surface area contributed by atoms with Crippen LogP contribution in [0.1, 0.15) is 42.5 Å². The molecule has 1 aliphatic rings. The molecule has 1 aliphatic carbocycles. The van der Waals surface area contributed by atoms with Gasteiger partial charge in [-0.05, 0) is 47.0 Å². The number of nitrogen functional groups attached to an aromatic ring is 1. The van der Waals surface area contributed by atoms with Crippen LogP contribution < -0.4 is 11.1 Å². The Morgan fingerprint density at radius 1 is 1.29 bits per heavy atom. The maximum atomic E-state index is 11.9. The number of rotatable bonds is 4. The molecular formula is C15H19BrN2O3. The first-order valence-corrected chi connectivity index (χ1v) is 7.87. The number of carbonyl (C=O) groups is 2. The summed E-state index contributed by atoms with van der Waals surface area (Å²) < 4.78 is 5.62. The summed E-state index contributed by atoms with van der Waals surface area (Å²) in [6.45, 7) is -0.267. The Balaban J connectivity index is 1.82. The Morgan fingerprint density at radius 3 is 2.71 bits per heavy atom. The van der Waals surface area contributed by atoms with Crippen molar-refractivity contribution in [3.63, 3.8) is 0 Å². The summed E-state index contributed by atoms with van der Waals surface area (Å²) in [7, 11) is 0. The molecule has 1 saturated carbocycles. The van der Waals surface area contributed by atoms with E-state index in [0.717, 1.165) is 25.7 Å². The summed E-state index contributed by atoms with van der Waals surface area (Å²) in [4.78, 5) is 23.7. The maximum Gasteiger partial charge on any atom is 0.339 e. The number of hydrogen-bond donors (Lipinski definition) is 2. The second kappa shape index (κ2) is 7.45. The highest BCUT2D eigenvalue weighted by Gasteiger charge is 2.18. The van der Waals surface area contributed by atoms with E-state index in [2.05, 4.69) is 21.2 Å². The van der Waals surface area contributed by atoms with Crippen molar-refractivity contribution in [1.82, 2.24) is 5.32 Å². The van der Waals surface area contributed by atoms with Crippen LogP contribution in [0.2, 0.25) is 0 Å². The van der Waals surface area contributed by atoms with Crippen molar-refractivity contribution < 1.29 is 14.3 Å². The lowest BCUT2D eigenvalue weighted by Gasteiger charge is -2.22. The third kappa shape index (κ3) is 4.74. The Bertz CT molecular complexity index is 528. The minimum Gasteiger partial charge on any atom is -0.452 e. The highest BCUT2D eigenvalue weighted by Crippen LogP contribution is 2.20. The monoisotopic (exact) mass is 354 g/mol. The van der Waals surface area contributed by atoms with Crippen LogP contribution in [-0.4, -0.2) is 24.5 Å². The normalized spacial score (nSPS) is 15.5. The van der Waals surface area contributed by atoms with Gasteiger partial charge in [0.25, 0.3) is 5.91 Å². The van der Waals surface area contributed by atoms with Gasteiger partial charge >= 0.3 is 5.97 Å². The lowest BCUT2D eigenvalue weighted by Crippen LogP contribution is -2.38. The van der Waals surface area contributed by atoms with Crippen LogP contribution in [-0.2, 0) is 9.53 Å². The summed E-state index contributed by atoms with van der Waals surface area (Å²) in [5, 5.41) is 2.90. The molecule has 0 spiro atoms. The van der Waals surface area contributed by atoms with E-state index >= 15 is 0 Å². The average molecular weight is 355 g/mol. The van der Waals surface area contributed by atoms with Gasteiger partial charge < -0.3 is 15.8 Å². The number of halogens is 1. The first-order valence-electron chi connectivity index (χ1n) is 7.08. The van der Waals surface area contributed by atoms with Gasteiger partial charge in [-0.15, -0.1) is 0 Å². The van der Waals surface area contributed by atoms with E-state index in [9.17, 15) is 9.59 Å². The largest absolute Gasteiger partial charge is 0.452 e. The molecule has 0 aliphatic heterocycles. The fourth-order valence-electron chi connectivity index (χ4n) is 2.42. The average Bonchev–Trinajstić information content (AvgIpc) is 2.48. The zero-order chi connectivity index (χ0) is 15.2. The van der Waals surface area contributed by atoms with E-state index in [1.165, 1.54) is 12.5 Å². The number of carbonyl (C=O) groups excluding carboxylic acids is 2. The van der Waals surface area contributed by atoms with Gasteiger partial charge in [-0.3, -0.25) is 4.79 Å². The number of anilines is 1. The van der Waals surface area contributed by atoms with Gasteiger partial charge in [0.05, 0.1) is 5.56 Å². The third-order valence-corrected chi connectivity index (χ3v) is 4.21. The van der Waals surface area contributed by atoms with Crippen LogP contribution in [0.5, 0.6) is 0 Å². The molecule has 0 aromatic heterocycles. The highest BCUT2D eigenvalue weighted by molar-refractivity contribution is 9.10. The standard InChI is InChI=1S/C15H19BrN2O3/c16-13-7-6-10(17)8-12(13)15(20)21-9-14(19)18-11-4-2-1-3-5-11/h6-8,11H,1-5,9,17H2,(H,18,19). The summed E-state index contributed by atoms with van der Waals surface area (Å²) in [5.74, 6) is -0.816. The van der Waals surface area contributed by atoms with Crippen LogP contribution in [0, 0.1) is 0 Å². The molecule has 1 amide bonds. The quantitative estimate of drug-likeness (QED) is 0.643. The zero-order valence-corrected chi connectivity index (χ0v) is 13.3. The van der Waals surface area contributed by atoms with E-state index in [1.54, 1.807) is 12.1 Å². The molecule has 2 rings (SSSR count). The van der Waals surface area contributed by atoms with E-state index in [0.29, 0.717) is 15.7 Å². The molecule has 0 saturated heterocycles. The molecule has 1 fully saturated rings. The molecule has 6 heteroatoms. The molecule has 0 unspecified atom stereocenters. The van der Waals surface area contributed by atoms with Crippen LogP contribution in [0.25, 0.3) is 0 Å². The van der Waals surface area contributed by atoms with Crippen molar-refractivity contribution in [2.45, 2.75) is 38.1 Å². The van der Waals surface area contributed by atoms with Crippen LogP contribution in [0.4, 0.5) is 5.69 Å². The lowest BCUT2D eigenvalue weighted by atomic mass is 9.95. The van der Waals surface area contributed by atoms with E-state index in [4.69, 9.17) is 10.5 Å². The van der Waals surface area contributed by atoms with Crippen molar-refractivity contribution in [2.24, 2.45) is 0 Å². The van der Waals surface area contributed by atoms with Gasteiger partial charge in [0, 0.05) is 16.2 Å². The number of hydrogen-bond acceptors (Lipinski definition) is 4. The van der Waals surface area contributed by atoms with Crippen molar-refractivity contribution in [3.05, 3.63) is 28.2 Å². The molecule has 0 heterocycles. The van der Waals surface area contributed by atoms with Crippen molar-refractivity contribution in [2.75, 3.05) is 12.3 Å². The van der Waals surface area contributed by atoms with Gasteiger partial charge in [-0.25, -0.2) is 4.79 Å². The van der Waals surface area contributed by atoms with Crippen LogP contribution >= 0.6 is 15.9 Å². The van der Waals surface area contributed by atoms with Crippen molar-refractivity contribution in [3.8, 4) is 0 Å².